The Kier molecular flexibility index (Phi) is 54.4. The zero-order valence-electron chi connectivity index (χ0n) is 29.9. The molecular weight excluding hydrogens is 1580 g/mol. The Balaban J connectivity index is -0.0000000601. The van der Waals surface area contributed by atoms with Crippen LogP contribution in [-0.2, 0) is 144 Å². The van der Waals surface area contributed by atoms with E-state index < -0.39 is 148 Å². The fourth-order valence-electron chi connectivity index (χ4n) is 1.48. The molecule has 0 fully saturated rings. The maximum Gasteiger partial charge on any atom is 7.00 e. The van der Waals surface area contributed by atoms with E-state index in [1.54, 1.807) is 0 Å². The summed E-state index contributed by atoms with van der Waals surface area (Å²) in [6, 6.07) is 0. The summed E-state index contributed by atoms with van der Waals surface area (Å²) in [6.45, 7) is 0. The summed E-state index contributed by atoms with van der Waals surface area (Å²) in [5.41, 5.74) is 0. The molecule has 0 unspecified atom stereocenters. The van der Waals surface area contributed by atoms with Crippen molar-refractivity contribution in [2.24, 2.45) is 0 Å². The Labute approximate surface area is 426 Å². The molecule has 0 aromatic carbocycles. The van der Waals surface area contributed by atoms with Crippen molar-refractivity contribution in [2.45, 2.75) is 0 Å². The quantitative estimate of drug-likeness (QED) is 0.146. The molecule has 0 saturated heterocycles. The van der Waals surface area contributed by atoms with Gasteiger partial charge in [0.1, 0.15) is 0 Å². The molecule has 0 aliphatic rings. The first kappa shape index (κ1) is 97.3. The van der Waals surface area contributed by atoms with E-state index in [2.05, 4.69) is 0 Å². The molecule has 0 N–H and O–H groups in total. The molecule has 60 heteroatoms. The smallest absolute Gasteiger partial charge is 0.810 e. The third-order valence-corrected chi connectivity index (χ3v) is 21.8. The molecule has 0 bridgehead atoms. The van der Waals surface area contributed by atoms with Crippen LogP contribution in [0.5, 0.6) is 0 Å². The van der Waals surface area contributed by atoms with E-state index in [1.165, 1.54) is 0 Å². The molecule has 0 rings (SSSR count). The SMILES string of the molecule is O=P([O-])([O-])CP(=O)([O-])[O-].O=P([O-])([O-])CP(=O)([O-])[O-].O=P([O-])([O-])CP(=O)([O-])[O-].O=P([O-])([O-])CP(=O)([O-])[O-].O=P([O-])([O-])CP(=O)([O-])[O-].O=P([O-])([O-])CP(=O)([O-])[O-].O=P([O-])([O-])CP(=O)([O-])[O-].[Tc+7].[Tc+7].[Tc+7].[Tc+7]. The van der Waals surface area contributed by atoms with Gasteiger partial charge in [-0.2, -0.15) is 0 Å². The summed E-state index contributed by atoms with van der Waals surface area (Å²) in [7, 11) is -72.5. The van der Waals surface area contributed by atoms with Gasteiger partial charge in [-0.05, 0) is 0 Å². The number of hydrogen-bond acceptors (Lipinski definition) is 42. The molecule has 0 radical (unpaired) electrons. The molecule has 0 atom stereocenters. The van der Waals surface area contributed by atoms with Crippen LogP contribution in [0, 0.1) is 0 Å². The fourth-order valence-corrected chi connectivity index (χ4v) is 13.4. The second-order valence-electron chi connectivity index (χ2n) is 9.54. The molecule has 0 amide bonds. The van der Waals surface area contributed by atoms with Gasteiger partial charge in [0, 0.05) is 41.3 Å². The Morgan fingerprint density at radius 3 is 0.164 bits per heavy atom. The molecule has 0 heterocycles. The van der Waals surface area contributed by atoms with Crippen molar-refractivity contribution in [1.82, 2.24) is 0 Å². The molecule has 0 spiro atoms. The van der Waals surface area contributed by atoms with Crippen LogP contribution in [0.4, 0.5) is 0 Å². The first-order valence-corrected chi connectivity index (χ1v) is 36.3. The standard InChI is InChI=1S/7CH6O6P2.4Tc/c7*2-8(3,4)1-9(5,6)7;;;;/h7*1H2,(H2,2,3,4)(H2,5,6,7);;;;/q;;;;;;;4*+7/p-28. The van der Waals surface area contributed by atoms with Gasteiger partial charge >= 0.3 is 80.4 Å². The minimum Gasteiger partial charge on any atom is -0.810 e. The van der Waals surface area contributed by atoms with E-state index in [0.717, 1.165) is 0 Å². The van der Waals surface area contributed by atoms with E-state index in [4.69, 9.17) is 0 Å². The van der Waals surface area contributed by atoms with Gasteiger partial charge in [0.25, 0.3) is 0 Å². The minimum absolute atomic E-state index is 0. The average molecular weight is 1600 g/mol. The van der Waals surface area contributed by atoms with Crippen molar-refractivity contribution in [1.29, 1.82) is 0 Å². The van der Waals surface area contributed by atoms with Crippen molar-refractivity contribution < 1.29 is 281 Å². The Bertz CT molecular complexity index is 1500. The van der Waals surface area contributed by atoms with Gasteiger partial charge in [-0.3, -0.25) is 0 Å². The van der Waals surface area contributed by atoms with Gasteiger partial charge in [-0.15, -0.1) is 0 Å². The van der Waals surface area contributed by atoms with Gasteiger partial charge in [0.05, 0.1) is 0 Å². The fraction of sp³-hybridized carbons (Fsp3) is 1.00. The van der Waals surface area contributed by atoms with Gasteiger partial charge in [-0.1, -0.05) is 106 Å². The van der Waals surface area contributed by atoms with Crippen LogP contribution in [0.1, 0.15) is 0 Å². The largest absolute Gasteiger partial charge is 7.00 e. The second-order valence-corrected chi connectivity index (χ2v) is 34.6. The van der Waals surface area contributed by atoms with Gasteiger partial charge in [0.15, 0.2) is 0 Å². The summed E-state index contributed by atoms with van der Waals surface area (Å²) < 4.78 is 134. The topological polar surface area (TPSA) is 885 Å². The van der Waals surface area contributed by atoms with Gasteiger partial charge in [0.2, 0.25) is 0 Å². The molecule has 67 heavy (non-hydrogen) atoms. The molecule has 0 aromatic heterocycles. The molecule has 0 aliphatic heterocycles. The van der Waals surface area contributed by atoms with Crippen LogP contribution >= 0.6 is 106 Å². The summed E-state index contributed by atoms with van der Waals surface area (Å²) in [6.07, 6.45) is 0. The Morgan fingerprint density at radius 1 is 0.134 bits per heavy atom. The molecule has 392 valence electrons. The monoisotopic (exact) mass is 1590 g/mol. The van der Waals surface area contributed by atoms with Crippen LogP contribution in [0.25, 0.3) is 0 Å². The van der Waals surface area contributed by atoms with Gasteiger partial charge in [-0.25, -0.2) is 0 Å². The van der Waals surface area contributed by atoms with Crippen molar-refractivity contribution in [2.75, 3.05) is 41.3 Å². The predicted octanol–water partition coefficient (Wildman–Crippen LogP) is -22.6. The van der Waals surface area contributed by atoms with E-state index >= 15 is 0 Å². The van der Waals surface area contributed by atoms with E-state index in [-0.39, 0.29) is 80.4 Å². The van der Waals surface area contributed by atoms with Crippen molar-refractivity contribution in [3.8, 4) is 0 Å². The molecule has 0 saturated carbocycles. The second kappa shape index (κ2) is 37.5. The van der Waals surface area contributed by atoms with Crippen LogP contribution < -0.4 is 137 Å². The van der Waals surface area contributed by atoms with Crippen LogP contribution in [0.3, 0.4) is 0 Å². The minimum atomic E-state index is -5.18. The average Bonchev–Trinajstić information content (AvgIpc) is 2.62. The molecule has 42 nitrogen and oxygen atoms in total. The van der Waals surface area contributed by atoms with E-state index in [0.29, 0.717) is 0 Å². The summed E-state index contributed by atoms with van der Waals surface area (Å²) in [5.74, 6) is -12.7. The maximum atomic E-state index is 9.55. The van der Waals surface area contributed by atoms with E-state index in [9.17, 15) is 201 Å². The zero-order chi connectivity index (χ0) is 53.9. The summed E-state index contributed by atoms with van der Waals surface area (Å²) in [4.78, 5) is 267. The van der Waals surface area contributed by atoms with Crippen LogP contribution in [-0.4, -0.2) is 41.3 Å². The third-order valence-electron chi connectivity index (χ3n) is 2.42. The number of rotatable bonds is 14. The predicted molar refractivity (Wildman–Crippen MR) is 141 cm³/mol. The van der Waals surface area contributed by atoms with Crippen molar-refractivity contribution >= 4 is 106 Å². The van der Waals surface area contributed by atoms with Crippen LogP contribution in [0.2, 0.25) is 0 Å². The third kappa shape index (κ3) is 153. The first-order chi connectivity index (χ1) is 25.9. The molecule has 0 aromatic rings. The number of hydrogen-bond donors (Lipinski definition) is 0. The molecule has 0 aliphatic carbocycles. The van der Waals surface area contributed by atoms with E-state index in [1.807, 2.05) is 0 Å². The summed E-state index contributed by atoms with van der Waals surface area (Å²) in [5, 5.41) is 0. The first-order valence-electron chi connectivity index (χ1n) is 12.1. The van der Waals surface area contributed by atoms with Gasteiger partial charge < -0.3 is 201 Å². The molecular formula is C7H14O42P14Tc4. The Morgan fingerprint density at radius 2 is 0.164 bits per heavy atom. The maximum absolute atomic E-state index is 9.55. The normalized spacial score (nSPS) is 13.0. The zero-order valence-corrected chi connectivity index (χ0v) is 49.8. The summed E-state index contributed by atoms with van der Waals surface area (Å²) >= 11 is 0. The van der Waals surface area contributed by atoms with Crippen molar-refractivity contribution in [3.63, 3.8) is 0 Å². The van der Waals surface area contributed by atoms with Crippen LogP contribution in [0.15, 0.2) is 0 Å². The Hall–Kier alpha value is 4.70. The van der Waals surface area contributed by atoms with Crippen molar-refractivity contribution in [3.05, 3.63) is 0 Å².